The number of carboxylic acid groups (broad SMARTS) is 1. The molecule has 1 aliphatic rings. The van der Waals surface area contributed by atoms with E-state index >= 15 is 0 Å². The zero-order valence-electron chi connectivity index (χ0n) is 10.4. The van der Waals surface area contributed by atoms with Crippen molar-refractivity contribution >= 4 is 12.0 Å². The third kappa shape index (κ3) is 4.24. The number of carboxylic acids is 1. The van der Waals surface area contributed by atoms with Crippen LogP contribution in [0.15, 0.2) is 0 Å². The molecule has 1 heterocycles. The molecule has 17 heavy (non-hydrogen) atoms. The molecule has 0 unspecified atom stereocenters. The van der Waals surface area contributed by atoms with Gasteiger partial charge in [0.1, 0.15) is 6.04 Å². The summed E-state index contributed by atoms with van der Waals surface area (Å²) in [6, 6.07) is -0.864. The summed E-state index contributed by atoms with van der Waals surface area (Å²) in [5.74, 6) is -0.899. The van der Waals surface area contributed by atoms with Crippen LogP contribution in [0.3, 0.4) is 0 Å². The standard InChI is InChI=1S/C12H22N2O3/c1-2-3-4-5-8-13-12(17)14-9-6-7-10(14)11(15)16/h10H,2-9H2,1H3,(H,13,17)(H,15,16)/t10-/m0/s1. The van der Waals surface area contributed by atoms with E-state index in [4.69, 9.17) is 5.11 Å². The first-order chi connectivity index (χ1) is 8.16. The average Bonchev–Trinajstić information content (AvgIpc) is 2.77. The first-order valence-corrected chi connectivity index (χ1v) is 6.44. The number of amides is 2. The van der Waals surface area contributed by atoms with Crippen LogP contribution in [-0.4, -0.2) is 41.1 Å². The quantitative estimate of drug-likeness (QED) is 0.698. The van der Waals surface area contributed by atoms with Crippen molar-refractivity contribution in [3.8, 4) is 0 Å². The lowest BCUT2D eigenvalue weighted by molar-refractivity contribution is -0.141. The molecule has 1 atom stereocenters. The Kier molecular flexibility index (Phi) is 5.80. The summed E-state index contributed by atoms with van der Waals surface area (Å²) in [5, 5.41) is 11.7. The van der Waals surface area contributed by atoms with Gasteiger partial charge >= 0.3 is 12.0 Å². The molecule has 0 aromatic carbocycles. The van der Waals surface area contributed by atoms with E-state index in [1.165, 1.54) is 17.7 Å². The maximum Gasteiger partial charge on any atom is 0.326 e. The molecular formula is C12H22N2O3. The van der Waals surface area contributed by atoms with Crippen LogP contribution >= 0.6 is 0 Å². The second-order valence-corrected chi connectivity index (χ2v) is 4.48. The van der Waals surface area contributed by atoms with Gasteiger partial charge in [0.05, 0.1) is 0 Å². The van der Waals surface area contributed by atoms with Gasteiger partial charge in [-0.25, -0.2) is 9.59 Å². The van der Waals surface area contributed by atoms with Crippen molar-refractivity contribution in [3.05, 3.63) is 0 Å². The molecule has 0 spiro atoms. The molecule has 0 saturated carbocycles. The van der Waals surface area contributed by atoms with Crippen LogP contribution in [0.1, 0.15) is 45.4 Å². The van der Waals surface area contributed by atoms with Gasteiger partial charge in [-0.2, -0.15) is 0 Å². The van der Waals surface area contributed by atoms with Crippen LogP contribution < -0.4 is 5.32 Å². The van der Waals surface area contributed by atoms with Crippen LogP contribution in [-0.2, 0) is 4.79 Å². The van der Waals surface area contributed by atoms with E-state index < -0.39 is 12.0 Å². The highest BCUT2D eigenvalue weighted by atomic mass is 16.4. The van der Waals surface area contributed by atoms with Gasteiger partial charge in [-0.3, -0.25) is 0 Å². The molecule has 1 rings (SSSR count). The van der Waals surface area contributed by atoms with Crippen LogP contribution in [0.2, 0.25) is 0 Å². The molecule has 0 bridgehead atoms. The molecule has 5 nitrogen and oxygen atoms in total. The summed E-state index contributed by atoms with van der Waals surface area (Å²) in [7, 11) is 0. The minimum Gasteiger partial charge on any atom is -0.480 e. The predicted octanol–water partition coefficient (Wildman–Crippen LogP) is 1.83. The van der Waals surface area contributed by atoms with E-state index in [2.05, 4.69) is 12.2 Å². The van der Waals surface area contributed by atoms with Gasteiger partial charge in [0, 0.05) is 13.1 Å². The lowest BCUT2D eigenvalue weighted by atomic mass is 10.2. The number of aliphatic carboxylic acids is 1. The van der Waals surface area contributed by atoms with E-state index in [9.17, 15) is 9.59 Å². The number of nitrogens with one attached hydrogen (secondary N) is 1. The lowest BCUT2D eigenvalue weighted by Crippen LogP contribution is -2.46. The fourth-order valence-corrected chi connectivity index (χ4v) is 2.12. The van der Waals surface area contributed by atoms with Gasteiger partial charge in [-0.1, -0.05) is 26.2 Å². The van der Waals surface area contributed by atoms with Gasteiger partial charge in [-0.05, 0) is 19.3 Å². The number of hydrogen-bond donors (Lipinski definition) is 2. The minimum atomic E-state index is -0.899. The monoisotopic (exact) mass is 242 g/mol. The normalized spacial score (nSPS) is 19.4. The molecule has 0 aromatic rings. The van der Waals surface area contributed by atoms with E-state index in [-0.39, 0.29) is 6.03 Å². The first-order valence-electron chi connectivity index (χ1n) is 6.44. The molecule has 0 radical (unpaired) electrons. The molecular weight excluding hydrogens is 220 g/mol. The zero-order chi connectivity index (χ0) is 12.7. The van der Waals surface area contributed by atoms with Gasteiger partial charge in [0.25, 0.3) is 0 Å². The molecule has 1 aliphatic heterocycles. The van der Waals surface area contributed by atoms with E-state index in [1.54, 1.807) is 0 Å². The Morgan fingerprint density at radius 3 is 2.76 bits per heavy atom. The Morgan fingerprint density at radius 2 is 2.12 bits per heavy atom. The highest BCUT2D eigenvalue weighted by Gasteiger charge is 2.33. The SMILES string of the molecule is CCCCCCNC(=O)N1CCC[C@H]1C(=O)O. The number of carbonyl (C=O) groups is 2. The Hall–Kier alpha value is -1.26. The van der Waals surface area contributed by atoms with E-state index in [0.717, 1.165) is 19.3 Å². The lowest BCUT2D eigenvalue weighted by Gasteiger charge is -2.21. The van der Waals surface area contributed by atoms with Crippen molar-refractivity contribution in [2.45, 2.75) is 51.5 Å². The molecule has 0 aliphatic carbocycles. The summed E-state index contributed by atoms with van der Waals surface area (Å²) in [6.45, 7) is 3.33. The van der Waals surface area contributed by atoms with Crippen molar-refractivity contribution in [3.63, 3.8) is 0 Å². The third-order valence-corrected chi connectivity index (χ3v) is 3.11. The van der Waals surface area contributed by atoms with E-state index in [1.807, 2.05) is 0 Å². The third-order valence-electron chi connectivity index (χ3n) is 3.11. The van der Waals surface area contributed by atoms with Gasteiger partial charge in [0.2, 0.25) is 0 Å². The van der Waals surface area contributed by atoms with Crippen molar-refractivity contribution in [1.29, 1.82) is 0 Å². The Morgan fingerprint density at radius 1 is 1.35 bits per heavy atom. The highest BCUT2D eigenvalue weighted by Crippen LogP contribution is 2.17. The Labute approximate surface area is 102 Å². The Balaban J connectivity index is 2.25. The highest BCUT2D eigenvalue weighted by molar-refractivity contribution is 5.83. The average molecular weight is 242 g/mol. The molecule has 5 heteroatoms. The van der Waals surface area contributed by atoms with Gasteiger partial charge in [0.15, 0.2) is 0 Å². The second-order valence-electron chi connectivity index (χ2n) is 4.48. The number of rotatable bonds is 6. The summed E-state index contributed by atoms with van der Waals surface area (Å²) in [5.41, 5.74) is 0. The smallest absolute Gasteiger partial charge is 0.326 e. The number of nitrogens with zero attached hydrogens (tertiary/aromatic N) is 1. The van der Waals surface area contributed by atoms with Gasteiger partial charge in [-0.15, -0.1) is 0 Å². The molecule has 2 amide bonds. The topological polar surface area (TPSA) is 69.6 Å². The predicted molar refractivity (Wildman–Crippen MR) is 64.9 cm³/mol. The number of hydrogen-bond acceptors (Lipinski definition) is 2. The van der Waals surface area contributed by atoms with E-state index in [0.29, 0.717) is 19.5 Å². The van der Waals surface area contributed by atoms with Crippen LogP contribution in [0.4, 0.5) is 4.79 Å². The second kappa shape index (κ2) is 7.14. The fraction of sp³-hybridized carbons (Fsp3) is 0.833. The summed E-state index contributed by atoms with van der Waals surface area (Å²) in [4.78, 5) is 24.1. The summed E-state index contributed by atoms with van der Waals surface area (Å²) >= 11 is 0. The van der Waals surface area contributed by atoms with Gasteiger partial charge < -0.3 is 15.3 Å². The molecule has 1 saturated heterocycles. The first kappa shape index (κ1) is 13.8. The van der Waals surface area contributed by atoms with Crippen LogP contribution in [0.25, 0.3) is 0 Å². The zero-order valence-corrected chi connectivity index (χ0v) is 10.4. The maximum absolute atomic E-state index is 11.7. The number of unbranched alkanes of at least 4 members (excludes halogenated alkanes) is 3. The number of urea groups is 1. The number of likely N-dealkylation sites (tertiary alicyclic amines) is 1. The summed E-state index contributed by atoms with van der Waals surface area (Å²) in [6.07, 6.45) is 5.77. The van der Waals surface area contributed by atoms with Crippen LogP contribution in [0, 0.1) is 0 Å². The van der Waals surface area contributed by atoms with Crippen LogP contribution in [0.5, 0.6) is 0 Å². The van der Waals surface area contributed by atoms with Crippen molar-refractivity contribution in [2.75, 3.05) is 13.1 Å². The summed E-state index contributed by atoms with van der Waals surface area (Å²) < 4.78 is 0. The molecule has 1 fully saturated rings. The number of carbonyl (C=O) groups excluding carboxylic acids is 1. The Bertz CT molecular complexity index is 268. The molecule has 0 aromatic heterocycles. The minimum absolute atomic E-state index is 0.230. The fourth-order valence-electron chi connectivity index (χ4n) is 2.12. The molecule has 2 N–H and O–H groups in total. The largest absolute Gasteiger partial charge is 0.480 e. The van der Waals surface area contributed by atoms with Crippen molar-refractivity contribution in [2.24, 2.45) is 0 Å². The van der Waals surface area contributed by atoms with Crippen molar-refractivity contribution in [1.82, 2.24) is 10.2 Å². The maximum atomic E-state index is 11.7. The van der Waals surface area contributed by atoms with Crippen molar-refractivity contribution < 1.29 is 14.7 Å². The molecule has 98 valence electrons.